The van der Waals surface area contributed by atoms with Gasteiger partial charge in [0.2, 0.25) is 0 Å². The highest BCUT2D eigenvalue weighted by Gasteiger charge is 2.22. The van der Waals surface area contributed by atoms with Crippen molar-refractivity contribution in [3.8, 4) is 6.07 Å². The van der Waals surface area contributed by atoms with Crippen LogP contribution in [0.3, 0.4) is 0 Å². The number of nitrogens with zero attached hydrogens (tertiary/aromatic N) is 3. The Morgan fingerprint density at radius 1 is 1.09 bits per heavy atom. The predicted octanol–water partition coefficient (Wildman–Crippen LogP) is 4.44. The maximum Gasteiger partial charge on any atom is 0.269 e. The number of anilines is 1. The average Bonchev–Trinajstić information content (AvgIpc) is 2.76. The summed E-state index contributed by atoms with van der Waals surface area (Å²) in [6.07, 6.45) is 2.44. The summed E-state index contributed by atoms with van der Waals surface area (Å²) in [7, 11) is 3.97. The van der Waals surface area contributed by atoms with Crippen LogP contribution in [-0.4, -0.2) is 19.9 Å². The maximum absolute atomic E-state index is 12.8. The number of carbonyl (C=O) groups excluding carboxylic acids is 1. The van der Waals surface area contributed by atoms with E-state index in [9.17, 15) is 10.1 Å². The van der Waals surface area contributed by atoms with Crippen LogP contribution in [0.25, 0.3) is 27.4 Å². The molecule has 4 heteroatoms. The molecule has 32 heavy (non-hydrogen) atoms. The molecule has 0 N–H and O–H groups in total. The van der Waals surface area contributed by atoms with E-state index in [-0.39, 0.29) is 11.5 Å². The number of nitriles is 1. The lowest BCUT2D eigenvalue weighted by Gasteiger charge is -2.19. The zero-order chi connectivity index (χ0) is 23.5. The van der Waals surface area contributed by atoms with Gasteiger partial charge in [-0.25, -0.2) is 10.1 Å². The fraction of sp³-hybridized carbons (Fsp3) is 0.250. The SMILES string of the molecule is [C-]#[N+]/C(C#N)=c1/ccc(=Cc2ccc(N(C)C)cc2CC(=O)C(C)(C)C)c2ccccc12. The minimum Gasteiger partial charge on any atom is -0.378 e. The van der Waals surface area contributed by atoms with Crippen LogP contribution in [0.5, 0.6) is 0 Å². The van der Waals surface area contributed by atoms with Gasteiger partial charge < -0.3 is 4.90 Å². The number of carbonyl (C=O) groups is 1. The van der Waals surface area contributed by atoms with Gasteiger partial charge in [0.05, 0.1) is 12.6 Å². The molecular formula is C28H27N3O. The molecule has 0 aromatic heterocycles. The number of ketones is 1. The van der Waals surface area contributed by atoms with Crippen molar-refractivity contribution >= 4 is 34.0 Å². The zero-order valence-corrected chi connectivity index (χ0v) is 19.2. The largest absolute Gasteiger partial charge is 0.378 e. The van der Waals surface area contributed by atoms with E-state index in [1.165, 1.54) is 0 Å². The third-order valence-corrected chi connectivity index (χ3v) is 5.57. The van der Waals surface area contributed by atoms with Crippen molar-refractivity contribution in [1.29, 1.82) is 5.26 Å². The Labute approximate surface area is 189 Å². The molecule has 0 bridgehead atoms. The van der Waals surface area contributed by atoms with Gasteiger partial charge in [-0.2, -0.15) is 0 Å². The minimum atomic E-state index is -0.414. The maximum atomic E-state index is 12.8. The molecule has 0 amide bonds. The second-order valence-electron chi connectivity index (χ2n) is 9.09. The van der Waals surface area contributed by atoms with Gasteiger partial charge in [-0.05, 0) is 50.5 Å². The molecule has 0 aliphatic carbocycles. The number of benzene rings is 3. The Morgan fingerprint density at radius 2 is 1.78 bits per heavy atom. The fourth-order valence-corrected chi connectivity index (χ4v) is 3.57. The molecule has 0 atom stereocenters. The fourth-order valence-electron chi connectivity index (χ4n) is 3.57. The van der Waals surface area contributed by atoms with Crippen LogP contribution in [0.4, 0.5) is 5.69 Å². The van der Waals surface area contributed by atoms with E-state index in [2.05, 4.69) is 23.1 Å². The summed E-state index contributed by atoms with van der Waals surface area (Å²) in [6.45, 7) is 13.2. The van der Waals surface area contributed by atoms with Crippen molar-refractivity contribution in [3.63, 3.8) is 0 Å². The summed E-state index contributed by atoms with van der Waals surface area (Å²) in [6, 6.07) is 19.7. The molecule has 3 aromatic carbocycles. The van der Waals surface area contributed by atoms with E-state index >= 15 is 0 Å². The van der Waals surface area contributed by atoms with Crippen LogP contribution in [0.15, 0.2) is 54.6 Å². The van der Waals surface area contributed by atoms with Crippen LogP contribution in [0.1, 0.15) is 31.9 Å². The lowest BCUT2D eigenvalue weighted by molar-refractivity contribution is -0.125. The van der Waals surface area contributed by atoms with Gasteiger partial charge in [0.1, 0.15) is 5.78 Å². The summed E-state index contributed by atoms with van der Waals surface area (Å²) in [4.78, 5) is 18.2. The van der Waals surface area contributed by atoms with E-state index in [0.29, 0.717) is 11.6 Å². The van der Waals surface area contributed by atoms with Crippen molar-refractivity contribution in [2.45, 2.75) is 27.2 Å². The van der Waals surface area contributed by atoms with Gasteiger partial charge >= 0.3 is 0 Å². The van der Waals surface area contributed by atoms with Gasteiger partial charge in [0.25, 0.3) is 5.70 Å². The Balaban J connectivity index is 2.29. The van der Waals surface area contributed by atoms with Crippen molar-refractivity contribution < 1.29 is 4.79 Å². The molecule has 160 valence electrons. The third kappa shape index (κ3) is 4.71. The molecule has 0 unspecified atom stereocenters. The molecule has 0 saturated heterocycles. The molecule has 0 radical (unpaired) electrons. The molecule has 0 spiro atoms. The number of hydrogen-bond donors (Lipinski definition) is 0. The molecule has 0 fully saturated rings. The van der Waals surface area contributed by atoms with E-state index in [0.717, 1.165) is 32.8 Å². The second kappa shape index (κ2) is 9.08. The van der Waals surface area contributed by atoms with E-state index in [4.69, 9.17) is 6.57 Å². The average molecular weight is 422 g/mol. The van der Waals surface area contributed by atoms with Crippen LogP contribution < -0.4 is 15.3 Å². The summed E-state index contributed by atoms with van der Waals surface area (Å²) in [5, 5.41) is 12.8. The van der Waals surface area contributed by atoms with Crippen LogP contribution in [0.2, 0.25) is 0 Å². The zero-order valence-electron chi connectivity index (χ0n) is 19.2. The molecule has 3 rings (SSSR count). The molecule has 0 heterocycles. The van der Waals surface area contributed by atoms with Gasteiger partial charge in [-0.3, -0.25) is 4.79 Å². The monoisotopic (exact) mass is 421 g/mol. The molecule has 4 nitrogen and oxygen atoms in total. The van der Waals surface area contributed by atoms with Crippen molar-refractivity contribution in [1.82, 2.24) is 0 Å². The van der Waals surface area contributed by atoms with Crippen LogP contribution >= 0.6 is 0 Å². The molecule has 0 aliphatic rings. The molecule has 0 aliphatic heterocycles. The van der Waals surface area contributed by atoms with Crippen LogP contribution in [0, 0.1) is 23.3 Å². The first-order valence-electron chi connectivity index (χ1n) is 10.5. The highest BCUT2D eigenvalue weighted by molar-refractivity contribution is 5.90. The standard InChI is InChI=1S/C28H27N3O/c1-28(2,3)27(32)17-21-16-22(31(5)6)13-11-19(21)15-20-12-14-25(26(18-29)30-4)24-10-8-7-9-23(20)24/h7-16H,17H2,1-3,5-6H3/b20-15?,26-25-. The topological polar surface area (TPSA) is 48.5 Å². The Bertz CT molecular complexity index is 1380. The van der Waals surface area contributed by atoms with Gasteiger partial charge in [0.15, 0.2) is 0 Å². The summed E-state index contributed by atoms with van der Waals surface area (Å²) < 4.78 is 0. The summed E-state index contributed by atoms with van der Waals surface area (Å²) in [5.41, 5.74) is 2.68. The Morgan fingerprint density at radius 3 is 2.38 bits per heavy atom. The van der Waals surface area contributed by atoms with E-state index < -0.39 is 5.41 Å². The normalized spacial score (nSPS) is 12.8. The molecular weight excluding hydrogens is 394 g/mol. The van der Waals surface area contributed by atoms with E-state index in [1.54, 1.807) is 0 Å². The quantitative estimate of drug-likeness (QED) is 0.585. The lowest BCUT2D eigenvalue weighted by atomic mass is 9.86. The molecule has 3 aromatic rings. The van der Waals surface area contributed by atoms with E-state index in [1.807, 2.05) is 88.3 Å². The second-order valence-corrected chi connectivity index (χ2v) is 9.09. The third-order valence-electron chi connectivity index (χ3n) is 5.57. The predicted molar refractivity (Wildman–Crippen MR) is 131 cm³/mol. The van der Waals surface area contributed by atoms with Crippen LogP contribution in [-0.2, 0) is 11.2 Å². The van der Waals surface area contributed by atoms with Crippen molar-refractivity contribution in [3.05, 3.63) is 87.6 Å². The Hall–Kier alpha value is -3.89. The number of Topliss-reactive ketones (excluding diaryl/α,β-unsaturated/α-hetero) is 1. The number of fused-ring (bicyclic) bond motifs is 1. The van der Waals surface area contributed by atoms with Crippen molar-refractivity contribution in [2.75, 3.05) is 19.0 Å². The highest BCUT2D eigenvalue weighted by atomic mass is 16.1. The first-order valence-corrected chi connectivity index (χ1v) is 10.5. The molecule has 0 saturated carbocycles. The van der Waals surface area contributed by atoms with Gasteiger partial charge in [-0.1, -0.05) is 63.2 Å². The van der Waals surface area contributed by atoms with Gasteiger partial charge in [0, 0.05) is 31.6 Å². The first-order chi connectivity index (χ1) is 15.2. The summed E-state index contributed by atoms with van der Waals surface area (Å²) in [5.74, 6) is 0.189. The Kier molecular flexibility index (Phi) is 6.47. The van der Waals surface area contributed by atoms with Gasteiger partial charge in [-0.15, -0.1) is 0 Å². The highest BCUT2D eigenvalue weighted by Crippen LogP contribution is 2.24. The lowest BCUT2D eigenvalue weighted by Crippen LogP contribution is -2.23. The first kappa shape index (κ1) is 22.8. The number of hydrogen-bond acceptors (Lipinski definition) is 3. The smallest absolute Gasteiger partial charge is 0.269 e. The summed E-state index contributed by atoms with van der Waals surface area (Å²) >= 11 is 0. The van der Waals surface area contributed by atoms with Crippen molar-refractivity contribution in [2.24, 2.45) is 5.41 Å². The number of rotatable bonds is 4. The minimum absolute atomic E-state index is 0.0829.